The Morgan fingerprint density at radius 3 is 1.94 bits per heavy atom. The molecular weight excluding hydrogens is 224 g/mol. The molecule has 0 aliphatic heterocycles. The van der Waals surface area contributed by atoms with Gasteiger partial charge in [-0.25, -0.2) is 0 Å². The van der Waals surface area contributed by atoms with Crippen LogP contribution >= 0.6 is 0 Å². The number of aldehydes is 1. The van der Waals surface area contributed by atoms with Crippen molar-refractivity contribution in [2.75, 3.05) is 7.11 Å². The first-order chi connectivity index (χ1) is 8.86. The van der Waals surface area contributed by atoms with Gasteiger partial charge in [0.2, 0.25) is 0 Å². The number of allylic oxidation sites excluding steroid dienone is 7. The van der Waals surface area contributed by atoms with E-state index in [0.29, 0.717) is 0 Å². The van der Waals surface area contributed by atoms with Crippen LogP contribution in [0.5, 0.6) is 5.75 Å². The molecule has 1 rings (SSSR count). The van der Waals surface area contributed by atoms with Gasteiger partial charge < -0.3 is 4.74 Å². The molecule has 0 N–H and O–H groups in total. The Hall–Kier alpha value is -2.35. The van der Waals surface area contributed by atoms with Crippen molar-refractivity contribution < 1.29 is 9.53 Å². The van der Waals surface area contributed by atoms with Crippen LogP contribution in [0.4, 0.5) is 0 Å². The Kier molecular flexibility index (Phi) is 6.68. The summed E-state index contributed by atoms with van der Waals surface area (Å²) >= 11 is 0. The van der Waals surface area contributed by atoms with Gasteiger partial charge in [0.25, 0.3) is 0 Å². The molecule has 0 radical (unpaired) electrons. The lowest BCUT2D eigenvalue weighted by Gasteiger charge is -1.98. The van der Waals surface area contributed by atoms with Crippen LogP contribution in [0, 0.1) is 0 Å². The van der Waals surface area contributed by atoms with E-state index < -0.39 is 0 Å². The summed E-state index contributed by atoms with van der Waals surface area (Å²) in [6.45, 7) is 0. The lowest BCUT2D eigenvalue weighted by molar-refractivity contribution is -0.104. The summed E-state index contributed by atoms with van der Waals surface area (Å²) in [5.41, 5.74) is 1.12. The van der Waals surface area contributed by atoms with Gasteiger partial charge in [-0.3, -0.25) is 4.79 Å². The number of carbonyl (C=O) groups excluding carboxylic acids is 1. The average Bonchev–Trinajstić information content (AvgIpc) is 2.42. The number of ether oxygens (including phenoxy) is 1. The van der Waals surface area contributed by atoms with Crippen LogP contribution in [0.1, 0.15) is 5.56 Å². The number of rotatable bonds is 6. The van der Waals surface area contributed by atoms with Gasteiger partial charge in [0, 0.05) is 0 Å². The predicted molar refractivity (Wildman–Crippen MR) is 75.5 cm³/mol. The van der Waals surface area contributed by atoms with Crippen LogP contribution in [0.25, 0.3) is 6.08 Å². The molecule has 0 heterocycles. The van der Waals surface area contributed by atoms with E-state index in [9.17, 15) is 4.79 Å². The van der Waals surface area contributed by atoms with Gasteiger partial charge in [-0.1, -0.05) is 54.7 Å². The highest BCUT2D eigenvalue weighted by atomic mass is 16.5. The second-order valence-electron chi connectivity index (χ2n) is 3.42. The molecule has 0 bridgehead atoms. The zero-order valence-corrected chi connectivity index (χ0v) is 10.3. The smallest absolute Gasteiger partial charge is 0.142 e. The van der Waals surface area contributed by atoms with Gasteiger partial charge in [0.1, 0.15) is 12.0 Å². The highest BCUT2D eigenvalue weighted by Crippen LogP contribution is 2.12. The van der Waals surface area contributed by atoms with E-state index in [0.717, 1.165) is 17.6 Å². The molecule has 2 heteroatoms. The molecule has 0 atom stereocenters. The Bertz CT molecular complexity index is 462. The molecule has 0 saturated heterocycles. The van der Waals surface area contributed by atoms with Crippen molar-refractivity contribution in [3.63, 3.8) is 0 Å². The highest BCUT2D eigenvalue weighted by molar-refractivity contribution is 5.65. The molecule has 1 aromatic rings. The summed E-state index contributed by atoms with van der Waals surface area (Å²) in [7, 11) is 1.65. The Morgan fingerprint density at radius 2 is 1.39 bits per heavy atom. The number of hydrogen-bond acceptors (Lipinski definition) is 2. The van der Waals surface area contributed by atoms with Crippen LogP contribution in [-0.2, 0) is 4.79 Å². The third-order valence-corrected chi connectivity index (χ3v) is 2.15. The van der Waals surface area contributed by atoms with Gasteiger partial charge in [0.15, 0.2) is 0 Å². The lowest BCUT2D eigenvalue weighted by atomic mass is 10.2. The zero-order chi connectivity index (χ0) is 13.1. The highest BCUT2D eigenvalue weighted by Gasteiger charge is 1.88. The molecule has 92 valence electrons. The van der Waals surface area contributed by atoms with E-state index in [2.05, 4.69) is 0 Å². The predicted octanol–water partition coefficient (Wildman–Crippen LogP) is 3.58. The quantitative estimate of drug-likeness (QED) is 0.431. The van der Waals surface area contributed by atoms with Crippen LogP contribution in [0.3, 0.4) is 0 Å². The number of benzene rings is 1. The maximum atomic E-state index is 9.98. The van der Waals surface area contributed by atoms with E-state index in [-0.39, 0.29) is 0 Å². The average molecular weight is 240 g/mol. The standard InChI is InChI=1S/C16H16O2/c1-18-16-12-10-15(11-13-16)9-7-5-3-2-4-6-8-14-17/h2-14H,1H3/b4-2+,5-3+,8-6+,9-7+. The fourth-order valence-corrected chi connectivity index (χ4v) is 1.25. The normalized spacial score (nSPS) is 12.1. The second kappa shape index (κ2) is 8.76. The molecule has 2 nitrogen and oxygen atoms in total. The number of hydrogen-bond donors (Lipinski definition) is 0. The molecule has 0 saturated carbocycles. The van der Waals surface area contributed by atoms with Crippen molar-refractivity contribution in [3.05, 3.63) is 72.4 Å². The van der Waals surface area contributed by atoms with Gasteiger partial charge in [0.05, 0.1) is 7.11 Å². The molecule has 0 aliphatic rings. The van der Waals surface area contributed by atoms with E-state index >= 15 is 0 Å². The van der Waals surface area contributed by atoms with Crippen LogP contribution in [-0.4, -0.2) is 13.4 Å². The minimum atomic E-state index is 0.748. The maximum absolute atomic E-state index is 9.98. The third-order valence-electron chi connectivity index (χ3n) is 2.15. The van der Waals surface area contributed by atoms with Gasteiger partial charge in [-0.05, 0) is 23.8 Å². The fraction of sp³-hybridized carbons (Fsp3) is 0.0625. The Morgan fingerprint density at radius 1 is 0.833 bits per heavy atom. The van der Waals surface area contributed by atoms with Crippen molar-refractivity contribution in [3.8, 4) is 5.75 Å². The van der Waals surface area contributed by atoms with Crippen molar-refractivity contribution in [2.45, 2.75) is 0 Å². The first-order valence-electron chi connectivity index (χ1n) is 5.62. The topological polar surface area (TPSA) is 26.3 Å². The maximum Gasteiger partial charge on any atom is 0.142 e. The van der Waals surface area contributed by atoms with Crippen LogP contribution < -0.4 is 4.74 Å². The minimum absolute atomic E-state index is 0.748. The molecule has 0 aliphatic carbocycles. The van der Waals surface area contributed by atoms with Crippen molar-refractivity contribution in [2.24, 2.45) is 0 Å². The van der Waals surface area contributed by atoms with E-state index in [1.165, 1.54) is 6.08 Å². The summed E-state index contributed by atoms with van der Waals surface area (Å²) in [5.74, 6) is 0.854. The summed E-state index contributed by atoms with van der Waals surface area (Å²) in [4.78, 5) is 9.98. The van der Waals surface area contributed by atoms with Gasteiger partial charge in [-0.15, -0.1) is 0 Å². The number of methoxy groups -OCH3 is 1. The molecule has 1 aromatic carbocycles. The number of carbonyl (C=O) groups is 1. The summed E-state index contributed by atoms with van der Waals surface area (Å²) in [6.07, 6.45) is 15.3. The van der Waals surface area contributed by atoms with E-state index in [1.807, 2.05) is 54.6 Å². The first kappa shape index (κ1) is 13.7. The molecule has 0 unspecified atom stereocenters. The largest absolute Gasteiger partial charge is 0.497 e. The SMILES string of the molecule is COc1ccc(/C=C/C=C/C=C/C=C/C=O)cc1. The summed E-state index contributed by atoms with van der Waals surface area (Å²) in [5, 5.41) is 0. The van der Waals surface area contributed by atoms with Crippen molar-refractivity contribution in [1.29, 1.82) is 0 Å². The second-order valence-corrected chi connectivity index (χ2v) is 3.42. The van der Waals surface area contributed by atoms with Crippen LogP contribution in [0.15, 0.2) is 66.8 Å². The first-order valence-corrected chi connectivity index (χ1v) is 5.62. The molecule has 0 amide bonds. The van der Waals surface area contributed by atoms with Crippen LogP contribution in [0.2, 0.25) is 0 Å². The molecule has 18 heavy (non-hydrogen) atoms. The van der Waals surface area contributed by atoms with E-state index in [4.69, 9.17) is 4.74 Å². The monoisotopic (exact) mass is 240 g/mol. The van der Waals surface area contributed by atoms with Crippen molar-refractivity contribution in [1.82, 2.24) is 0 Å². The molecule has 0 aromatic heterocycles. The summed E-state index contributed by atoms with van der Waals surface area (Å²) in [6, 6.07) is 7.83. The minimum Gasteiger partial charge on any atom is -0.497 e. The van der Waals surface area contributed by atoms with Gasteiger partial charge >= 0.3 is 0 Å². The summed E-state index contributed by atoms with van der Waals surface area (Å²) < 4.78 is 5.08. The fourth-order valence-electron chi connectivity index (χ4n) is 1.25. The van der Waals surface area contributed by atoms with Crippen molar-refractivity contribution >= 4 is 12.4 Å². The molecule has 0 spiro atoms. The van der Waals surface area contributed by atoms with Gasteiger partial charge in [-0.2, -0.15) is 0 Å². The Balaban J connectivity index is 2.44. The van der Waals surface area contributed by atoms with E-state index in [1.54, 1.807) is 19.3 Å². The lowest BCUT2D eigenvalue weighted by Crippen LogP contribution is -1.81. The molecular formula is C16H16O2. The third kappa shape index (κ3) is 5.66. The Labute approximate surface area is 108 Å². The zero-order valence-electron chi connectivity index (χ0n) is 10.3. The molecule has 0 fully saturated rings.